The van der Waals surface area contributed by atoms with E-state index >= 15 is 0 Å². The number of benzene rings is 1. The van der Waals surface area contributed by atoms with Crippen molar-refractivity contribution in [2.24, 2.45) is 0 Å². The fourth-order valence-corrected chi connectivity index (χ4v) is 4.17. The summed E-state index contributed by atoms with van der Waals surface area (Å²) in [5.74, 6) is 0.886. The van der Waals surface area contributed by atoms with E-state index in [0.717, 1.165) is 23.4 Å². The smallest absolute Gasteiger partial charge is 0.240 e. The van der Waals surface area contributed by atoms with Crippen LogP contribution >= 0.6 is 0 Å². The number of aryl methyl sites for hydroxylation is 1. The van der Waals surface area contributed by atoms with E-state index in [1.807, 2.05) is 19.0 Å². The zero-order chi connectivity index (χ0) is 16.4. The number of sulfonamides is 1. The molecule has 1 aliphatic rings. The second-order valence-corrected chi connectivity index (χ2v) is 7.86. The summed E-state index contributed by atoms with van der Waals surface area (Å²) in [4.78, 5) is 2.32. The minimum atomic E-state index is -3.49. The lowest BCUT2D eigenvalue weighted by Crippen LogP contribution is -2.38. The molecule has 23 heavy (non-hydrogen) atoms. The van der Waals surface area contributed by atoms with Crippen molar-refractivity contribution in [2.75, 3.05) is 14.1 Å². The van der Waals surface area contributed by atoms with E-state index in [4.69, 9.17) is 4.52 Å². The lowest BCUT2D eigenvalue weighted by atomic mass is 9.92. The first-order valence-corrected chi connectivity index (χ1v) is 9.12. The second-order valence-electron chi connectivity index (χ2n) is 6.14. The summed E-state index contributed by atoms with van der Waals surface area (Å²) in [6, 6.07) is 8.33. The van der Waals surface area contributed by atoms with Crippen molar-refractivity contribution in [1.29, 1.82) is 0 Å². The number of fused-ring (bicyclic) bond motifs is 1. The van der Waals surface area contributed by atoms with Gasteiger partial charge in [0.25, 0.3) is 0 Å². The molecule has 0 amide bonds. The SMILES string of the molecule is CN(C)Cc1noc2c1CC(NS(=O)(=O)c1ccccc1)CC2. The molecule has 7 heteroatoms. The van der Waals surface area contributed by atoms with E-state index in [2.05, 4.69) is 9.88 Å². The number of aromatic nitrogens is 1. The third-order valence-electron chi connectivity index (χ3n) is 3.96. The Bertz CT molecular complexity index is 769. The van der Waals surface area contributed by atoms with Gasteiger partial charge in [-0.2, -0.15) is 0 Å². The molecule has 3 rings (SSSR count). The van der Waals surface area contributed by atoms with Gasteiger partial charge in [0.05, 0.1) is 4.90 Å². The molecule has 2 aromatic rings. The highest BCUT2D eigenvalue weighted by molar-refractivity contribution is 7.89. The van der Waals surface area contributed by atoms with Crippen LogP contribution < -0.4 is 4.72 Å². The van der Waals surface area contributed by atoms with Crippen LogP contribution in [0.2, 0.25) is 0 Å². The van der Waals surface area contributed by atoms with Gasteiger partial charge in [-0.25, -0.2) is 13.1 Å². The van der Waals surface area contributed by atoms with Gasteiger partial charge in [0.1, 0.15) is 11.5 Å². The molecule has 1 aliphatic carbocycles. The Balaban J connectivity index is 1.76. The first-order chi connectivity index (χ1) is 11.0. The molecule has 0 aliphatic heterocycles. The normalized spacial score (nSPS) is 18.1. The Morgan fingerprint density at radius 3 is 2.74 bits per heavy atom. The standard InChI is InChI=1S/C16H21N3O3S/c1-19(2)11-15-14-10-12(8-9-16(14)22-17-15)18-23(20,21)13-6-4-3-5-7-13/h3-7,12,18H,8-11H2,1-2H3. The summed E-state index contributed by atoms with van der Waals surface area (Å²) in [5, 5.41) is 4.13. The van der Waals surface area contributed by atoms with Crippen LogP contribution in [0.5, 0.6) is 0 Å². The van der Waals surface area contributed by atoms with E-state index in [-0.39, 0.29) is 6.04 Å². The van der Waals surface area contributed by atoms with Crippen LogP contribution in [-0.4, -0.2) is 38.6 Å². The molecule has 0 saturated carbocycles. The van der Waals surface area contributed by atoms with Crippen molar-refractivity contribution < 1.29 is 12.9 Å². The average molecular weight is 335 g/mol. The van der Waals surface area contributed by atoms with Gasteiger partial charge in [-0.15, -0.1) is 0 Å². The highest BCUT2D eigenvalue weighted by Crippen LogP contribution is 2.26. The first-order valence-electron chi connectivity index (χ1n) is 7.64. The first kappa shape index (κ1) is 16.2. The number of nitrogens with one attached hydrogen (secondary N) is 1. The molecule has 1 heterocycles. The maximum Gasteiger partial charge on any atom is 0.240 e. The van der Waals surface area contributed by atoms with Crippen LogP contribution in [0.4, 0.5) is 0 Å². The molecule has 1 aromatic carbocycles. The molecular weight excluding hydrogens is 314 g/mol. The van der Waals surface area contributed by atoms with Gasteiger partial charge in [-0.3, -0.25) is 0 Å². The molecule has 0 spiro atoms. The van der Waals surface area contributed by atoms with Crippen molar-refractivity contribution in [3.63, 3.8) is 0 Å². The van der Waals surface area contributed by atoms with E-state index in [9.17, 15) is 8.42 Å². The van der Waals surface area contributed by atoms with Crippen LogP contribution in [0.1, 0.15) is 23.4 Å². The molecule has 1 aromatic heterocycles. The minimum absolute atomic E-state index is 0.131. The number of nitrogens with zero attached hydrogens (tertiary/aromatic N) is 2. The maximum absolute atomic E-state index is 12.5. The van der Waals surface area contributed by atoms with Crippen LogP contribution in [0.15, 0.2) is 39.8 Å². The number of rotatable bonds is 5. The van der Waals surface area contributed by atoms with Crippen molar-refractivity contribution in [1.82, 2.24) is 14.8 Å². The zero-order valence-corrected chi connectivity index (χ0v) is 14.1. The van der Waals surface area contributed by atoms with Gasteiger partial charge < -0.3 is 9.42 Å². The largest absolute Gasteiger partial charge is 0.361 e. The Morgan fingerprint density at radius 1 is 1.30 bits per heavy atom. The minimum Gasteiger partial charge on any atom is -0.361 e. The van der Waals surface area contributed by atoms with E-state index < -0.39 is 10.0 Å². The third-order valence-corrected chi connectivity index (χ3v) is 5.50. The van der Waals surface area contributed by atoms with Gasteiger partial charge in [0.2, 0.25) is 10.0 Å². The summed E-state index contributed by atoms with van der Waals surface area (Å²) in [5.41, 5.74) is 1.94. The van der Waals surface area contributed by atoms with Crippen molar-refractivity contribution in [3.05, 3.63) is 47.3 Å². The summed E-state index contributed by atoms with van der Waals surface area (Å²) < 4.78 is 33.1. The third kappa shape index (κ3) is 3.63. The van der Waals surface area contributed by atoms with Crippen LogP contribution in [0.25, 0.3) is 0 Å². The molecule has 0 fully saturated rings. The molecule has 1 atom stereocenters. The molecule has 124 valence electrons. The number of hydrogen-bond acceptors (Lipinski definition) is 5. The van der Waals surface area contributed by atoms with E-state index in [1.54, 1.807) is 30.3 Å². The predicted octanol–water partition coefficient (Wildman–Crippen LogP) is 1.57. The quantitative estimate of drug-likeness (QED) is 0.898. The van der Waals surface area contributed by atoms with Gasteiger partial charge in [-0.1, -0.05) is 23.4 Å². The zero-order valence-electron chi connectivity index (χ0n) is 13.3. The van der Waals surface area contributed by atoms with Crippen LogP contribution in [-0.2, 0) is 29.4 Å². The van der Waals surface area contributed by atoms with Crippen LogP contribution in [0, 0.1) is 0 Å². The average Bonchev–Trinajstić information content (AvgIpc) is 2.90. The summed E-state index contributed by atoms with van der Waals surface area (Å²) in [6.07, 6.45) is 2.04. The molecular formula is C16H21N3O3S. The van der Waals surface area contributed by atoms with Gasteiger partial charge >= 0.3 is 0 Å². The van der Waals surface area contributed by atoms with Crippen molar-refractivity contribution >= 4 is 10.0 Å². The summed E-state index contributed by atoms with van der Waals surface area (Å²) >= 11 is 0. The van der Waals surface area contributed by atoms with Gasteiger partial charge in [0.15, 0.2) is 0 Å². The fourth-order valence-electron chi connectivity index (χ4n) is 2.87. The Labute approximate surface area is 136 Å². The van der Waals surface area contributed by atoms with Gasteiger partial charge in [0, 0.05) is 24.6 Å². The molecule has 0 bridgehead atoms. The fraction of sp³-hybridized carbons (Fsp3) is 0.438. The lowest BCUT2D eigenvalue weighted by molar-refractivity contribution is 0.343. The topological polar surface area (TPSA) is 75.4 Å². The number of hydrogen-bond donors (Lipinski definition) is 1. The Morgan fingerprint density at radius 2 is 2.04 bits per heavy atom. The maximum atomic E-state index is 12.5. The summed E-state index contributed by atoms with van der Waals surface area (Å²) in [6.45, 7) is 0.691. The summed E-state index contributed by atoms with van der Waals surface area (Å²) in [7, 11) is 0.451. The Hall–Kier alpha value is -1.70. The molecule has 1 unspecified atom stereocenters. The van der Waals surface area contributed by atoms with Crippen molar-refractivity contribution in [2.45, 2.75) is 36.7 Å². The second kappa shape index (κ2) is 6.43. The Kier molecular flexibility index (Phi) is 4.52. The van der Waals surface area contributed by atoms with Crippen LogP contribution in [0.3, 0.4) is 0 Å². The molecule has 0 radical (unpaired) electrons. The van der Waals surface area contributed by atoms with Crippen molar-refractivity contribution in [3.8, 4) is 0 Å². The molecule has 1 N–H and O–H groups in total. The highest BCUT2D eigenvalue weighted by atomic mass is 32.2. The van der Waals surface area contributed by atoms with Gasteiger partial charge in [-0.05, 0) is 39.1 Å². The monoisotopic (exact) mass is 335 g/mol. The van der Waals surface area contributed by atoms with E-state index in [1.165, 1.54) is 0 Å². The highest BCUT2D eigenvalue weighted by Gasteiger charge is 2.29. The predicted molar refractivity (Wildman–Crippen MR) is 86.5 cm³/mol. The molecule has 6 nitrogen and oxygen atoms in total. The lowest BCUT2D eigenvalue weighted by Gasteiger charge is -2.23. The van der Waals surface area contributed by atoms with E-state index in [0.29, 0.717) is 24.3 Å². The molecule has 0 saturated heterocycles.